The van der Waals surface area contributed by atoms with Crippen LogP contribution in [0, 0.1) is 5.92 Å². The minimum atomic E-state index is -0.918. The average molecular weight is 244 g/mol. The van der Waals surface area contributed by atoms with Gasteiger partial charge in [0.2, 0.25) is 5.91 Å². The Kier molecular flexibility index (Phi) is 7.54. The zero-order valence-corrected chi connectivity index (χ0v) is 11.0. The van der Waals surface area contributed by atoms with Crippen molar-refractivity contribution < 1.29 is 14.7 Å². The molecule has 0 aliphatic rings. The number of hydrazine groups is 1. The highest BCUT2D eigenvalue weighted by Gasteiger charge is 2.24. The van der Waals surface area contributed by atoms with Crippen LogP contribution in [0.15, 0.2) is 0 Å². The van der Waals surface area contributed by atoms with Crippen molar-refractivity contribution >= 4 is 11.9 Å². The summed E-state index contributed by atoms with van der Waals surface area (Å²) in [5, 5.41) is 9.93. The summed E-state index contributed by atoms with van der Waals surface area (Å²) in [5.41, 5.74) is 0. The van der Waals surface area contributed by atoms with Gasteiger partial charge in [0.1, 0.15) is 0 Å². The van der Waals surface area contributed by atoms with Crippen LogP contribution >= 0.6 is 0 Å². The standard InChI is InChI=1S/C12H24N2O3/c1-4-6-9(3)7-10(8-12(16)17)14(13)11(15)5-2/h9-10H,4-8,13H2,1-3H3,(H,16,17). The van der Waals surface area contributed by atoms with Gasteiger partial charge in [-0.15, -0.1) is 0 Å². The molecule has 0 aliphatic carbocycles. The SMILES string of the molecule is CCCC(C)CC(CC(=O)O)N(N)C(=O)CC. The first-order chi connectivity index (χ1) is 7.92. The van der Waals surface area contributed by atoms with E-state index in [1.54, 1.807) is 6.92 Å². The van der Waals surface area contributed by atoms with E-state index in [9.17, 15) is 9.59 Å². The lowest BCUT2D eigenvalue weighted by Gasteiger charge is -2.28. The van der Waals surface area contributed by atoms with Gasteiger partial charge in [0.05, 0.1) is 12.5 Å². The van der Waals surface area contributed by atoms with E-state index in [1.807, 2.05) is 0 Å². The molecule has 0 radical (unpaired) electrons. The van der Waals surface area contributed by atoms with Gasteiger partial charge in [0.15, 0.2) is 0 Å². The molecule has 17 heavy (non-hydrogen) atoms. The maximum atomic E-state index is 11.5. The van der Waals surface area contributed by atoms with Crippen LogP contribution in [-0.4, -0.2) is 28.0 Å². The molecule has 0 rings (SSSR count). The molecule has 0 bridgehead atoms. The number of amides is 1. The molecule has 0 aliphatic heterocycles. The summed E-state index contributed by atoms with van der Waals surface area (Å²) in [5.74, 6) is 4.93. The topological polar surface area (TPSA) is 83.6 Å². The number of nitrogens with two attached hydrogens (primary N) is 1. The van der Waals surface area contributed by atoms with Gasteiger partial charge < -0.3 is 5.11 Å². The number of nitrogens with zero attached hydrogens (tertiary/aromatic N) is 1. The first-order valence-corrected chi connectivity index (χ1v) is 6.20. The zero-order chi connectivity index (χ0) is 13.4. The Bertz CT molecular complexity index is 256. The van der Waals surface area contributed by atoms with Gasteiger partial charge in [-0.3, -0.25) is 14.6 Å². The third-order valence-corrected chi connectivity index (χ3v) is 2.85. The van der Waals surface area contributed by atoms with Crippen molar-refractivity contribution in [3.05, 3.63) is 0 Å². The largest absolute Gasteiger partial charge is 0.481 e. The van der Waals surface area contributed by atoms with Crippen molar-refractivity contribution in [2.75, 3.05) is 0 Å². The molecule has 0 aromatic rings. The highest BCUT2D eigenvalue weighted by molar-refractivity contribution is 5.76. The molecule has 3 N–H and O–H groups in total. The predicted octanol–water partition coefficient (Wildman–Crippen LogP) is 1.77. The summed E-state index contributed by atoms with van der Waals surface area (Å²) in [6.45, 7) is 5.86. The van der Waals surface area contributed by atoms with Gasteiger partial charge in [-0.2, -0.15) is 0 Å². The summed E-state index contributed by atoms with van der Waals surface area (Å²) in [6.07, 6.45) is 2.92. The fourth-order valence-corrected chi connectivity index (χ4v) is 1.96. The maximum Gasteiger partial charge on any atom is 0.305 e. The second-order valence-electron chi connectivity index (χ2n) is 4.54. The summed E-state index contributed by atoms with van der Waals surface area (Å²) in [4.78, 5) is 22.3. The van der Waals surface area contributed by atoms with Crippen LogP contribution in [0.25, 0.3) is 0 Å². The minimum absolute atomic E-state index is 0.0870. The van der Waals surface area contributed by atoms with E-state index in [-0.39, 0.29) is 12.3 Å². The highest BCUT2D eigenvalue weighted by Crippen LogP contribution is 2.18. The third-order valence-electron chi connectivity index (χ3n) is 2.85. The molecule has 5 nitrogen and oxygen atoms in total. The lowest BCUT2D eigenvalue weighted by atomic mass is 9.95. The Labute approximate surface area is 103 Å². The fourth-order valence-electron chi connectivity index (χ4n) is 1.96. The molecule has 0 spiro atoms. The van der Waals surface area contributed by atoms with E-state index >= 15 is 0 Å². The van der Waals surface area contributed by atoms with Gasteiger partial charge in [0.25, 0.3) is 0 Å². The van der Waals surface area contributed by atoms with Crippen LogP contribution in [0.4, 0.5) is 0 Å². The number of carboxylic acids is 1. The van der Waals surface area contributed by atoms with Crippen LogP contribution in [0.1, 0.15) is 52.9 Å². The Morgan fingerprint density at radius 3 is 2.35 bits per heavy atom. The number of hydrogen-bond acceptors (Lipinski definition) is 3. The second kappa shape index (κ2) is 8.06. The van der Waals surface area contributed by atoms with Crippen molar-refractivity contribution in [3.63, 3.8) is 0 Å². The van der Waals surface area contributed by atoms with E-state index in [0.29, 0.717) is 18.8 Å². The van der Waals surface area contributed by atoms with Crippen LogP contribution in [0.2, 0.25) is 0 Å². The van der Waals surface area contributed by atoms with Gasteiger partial charge >= 0.3 is 5.97 Å². The molecular weight excluding hydrogens is 220 g/mol. The molecule has 2 unspecified atom stereocenters. The van der Waals surface area contributed by atoms with E-state index in [4.69, 9.17) is 10.9 Å². The van der Waals surface area contributed by atoms with Crippen LogP contribution in [-0.2, 0) is 9.59 Å². The molecular formula is C12H24N2O3. The molecule has 100 valence electrons. The number of carbonyl (C=O) groups is 2. The van der Waals surface area contributed by atoms with Crippen molar-refractivity contribution in [3.8, 4) is 0 Å². The van der Waals surface area contributed by atoms with E-state index in [2.05, 4.69) is 13.8 Å². The normalized spacial score (nSPS) is 14.1. The van der Waals surface area contributed by atoms with Crippen LogP contribution in [0.5, 0.6) is 0 Å². The van der Waals surface area contributed by atoms with E-state index in [1.165, 1.54) is 0 Å². The highest BCUT2D eigenvalue weighted by atomic mass is 16.4. The van der Waals surface area contributed by atoms with Crippen molar-refractivity contribution in [1.82, 2.24) is 5.01 Å². The molecule has 0 heterocycles. The minimum Gasteiger partial charge on any atom is -0.481 e. The van der Waals surface area contributed by atoms with Gasteiger partial charge in [-0.25, -0.2) is 5.84 Å². The third kappa shape index (κ3) is 6.26. The average Bonchev–Trinajstić information content (AvgIpc) is 2.25. The molecule has 0 fully saturated rings. The van der Waals surface area contributed by atoms with Crippen LogP contribution < -0.4 is 5.84 Å². The van der Waals surface area contributed by atoms with Gasteiger partial charge in [-0.05, 0) is 12.3 Å². The molecule has 0 aromatic heterocycles. The smallest absolute Gasteiger partial charge is 0.305 e. The summed E-state index contributed by atoms with van der Waals surface area (Å²) in [6, 6.07) is -0.401. The lowest BCUT2D eigenvalue weighted by molar-refractivity contribution is -0.141. The van der Waals surface area contributed by atoms with Gasteiger partial charge in [-0.1, -0.05) is 33.6 Å². The van der Waals surface area contributed by atoms with Crippen molar-refractivity contribution in [2.24, 2.45) is 11.8 Å². The number of hydrogen-bond donors (Lipinski definition) is 2. The zero-order valence-electron chi connectivity index (χ0n) is 11.0. The Morgan fingerprint density at radius 1 is 1.35 bits per heavy atom. The van der Waals surface area contributed by atoms with Gasteiger partial charge in [0, 0.05) is 6.42 Å². The molecule has 0 saturated carbocycles. The van der Waals surface area contributed by atoms with E-state index in [0.717, 1.165) is 17.9 Å². The first kappa shape index (κ1) is 15.9. The molecule has 1 amide bonds. The number of aliphatic carboxylic acids is 1. The quantitative estimate of drug-likeness (QED) is 0.387. The molecule has 0 aromatic carbocycles. The van der Waals surface area contributed by atoms with E-state index < -0.39 is 12.0 Å². The molecule has 2 atom stereocenters. The first-order valence-electron chi connectivity index (χ1n) is 6.20. The maximum absolute atomic E-state index is 11.5. The summed E-state index contributed by atoms with van der Waals surface area (Å²) < 4.78 is 0. The summed E-state index contributed by atoms with van der Waals surface area (Å²) >= 11 is 0. The monoisotopic (exact) mass is 244 g/mol. The molecule has 0 saturated heterocycles. The lowest BCUT2D eigenvalue weighted by Crippen LogP contribution is -2.47. The van der Waals surface area contributed by atoms with Crippen molar-refractivity contribution in [1.29, 1.82) is 0 Å². The number of carbonyl (C=O) groups excluding carboxylic acids is 1. The Hall–Kier alpha value is -1.10. The second-order valence-corrected chi connectivity index (χ2v) is 4.54. The number of rotatable bonds is 8. The number of carboxylic acid groups (broad SMARTS) is 1. The fraction of sp³-hybridized carbons (Fsp3) is 0.833. The Balaban J connectivity index is 4.51. The summed E-state index contributed by atoms with van der Waals surface area (Å²) in [7, 11) is 0. The van der Waals surface area contributed by atoms with Crippen molar-refractivity contribution in [2.45, 2.75) is 58.9 Å². The van der Waals surface area contributed by atoms with Crippen LogP contribution in [0.3, 0.4) is 0 Å². The Morgan fingerprint density at radius 2 is 1.94 bits per heavy atom. The molecule has 5 heteroatoms. The predicted molar refractivity (Wildman–Crippen MR) is 66.1 cm³/mol.